The van der Waals surface area contributed by atoms with Gasteiger partial charge in [0.25, 0.3) is 5.91 Å². The second-order valence-corrected chi connectivity index (χ2v) is 7.83. The van der Waals surface area contributed by atoms with E-state index >= 15 is 0 Å². The highest BCUT2D eigenvalue weighted by Crippen LogP contribution is 2.45. The second-order valence-electron chi connectivity index (χ2n) is 7.83. The van der Waals surface area contributed by atoms with Crippen LogP contribution in [0.25, 0.3) is 0 Å². The first kappa shape index (κ1) is 17.4. The largest absolute Gasteiger partial charge is 0.282 e. The number of fused-ring (bicyclic) bond motifs is 1. The molecule has 1 atom stereocenters. The van der Waals surface area contributed by atoms with Gasteiger partial charge in [0.15, 0.2) is 5.66 Å². The summed E-state index contributed by atoms with van der Waals surface area (Å²) in [5, 5.41) is 3.75. The number of nitrogens with one attached hydrogen (secondary N) is 1. The summed E-state index contributed by atoms with van der Waals surface area (Å²) in [6.07, 6.45) is 1.72. The average molecular weight is 357 g/mol. The molecule has 0 spiro atoms. The fourth-order valence-corrected chi connectivity index (χ4v) is 3.84. The lowest BCUT2D eigenvalue weighted by Gasteiger charge is -2.44. The van der Waals surface area contributed by atoms with E-state index in [2.05, 4.69) is 43.2 Å². The summed E-state index contributed by atoms with van der Waals surface area (Å²) in [5.74, 6) is 0.573. The third-order valence-corrected chi connectivity index (χ3v) is 4.71. The van der Waals surface area contributed by atoms with E-state index in [1.54, 1.807) is 11.1 Å². The smallest absolute Gasteiger partial charge is 0.261 e. The van der Waals surface area contributed by atoms with Crippen molar-refractivity contribution in [2.24, 2.45) is 0 Å². The summed E-state index contributed by atoms with van der Waals surface area (Å²) in [5.41, 5.74) is 1.57. The van der Waals surface area contributed by atoms with Crippen LogP contribution in [-0.4, -0.2) is 16.4 Å². The molecule has 0 aliphatic carbocycles. The minimum Gasteiger partial charge on any atom is -0.282 e. The maximum atomic E-state index is 13.5. The maximum Gasteiger partial charge on any atom is 0.261 e. The molecular formula is C23H23N3O. The Morgan fingerprint density at radius 2 is 1.56 bits per heavy atom. The maximum absolute atomic E-state index is 13.5. The Hall–Kier alpha value is -2.98. The van der Waals surface area contributed by atoms with Gasteiger partial charge in [-0.25, -0.2) is 4.98 Å². The lowest BCUT2D eigenvalue weighted by molar-refractivity contribution is 0.0969. The number of pyridine rings is 1. The lowest BCUT2D eigenvalue weighted by Crippen LogP contribution is -2.61. The van der Waals surface area contributed by atoms with Gasteiger partial charge < -0.3 is 0 Å². The second kappa shape index (κ2) is 6.32. The van der Waals surface area contributed by atoms with E-state index in [1.807, 2.05) is 60.7 Å². The average Bonchev–Trinajstić information content (AvgIpc) is 2.91. The van der Waals surface area contributed by atoms with Gasteiger partial charge in [0.2, 0.25) is 0 Å². The van der Waals surface area contributed by atoms with Crippen LogP contribution in [0.2, 0.25) is 0 Å². The summed E-state index contributed by atoms with van der Waals surface area (Å²) in [4.78, 5) is 19.8. The summed E-state index contributed by atoms with van der Waals surface area (Å²) < 4.78 is 0. The zero-order valence-electron chi connectivity index (χ0n) is 15.8. The van der Waals surface area contributed by atoms with Crippen LogP contribution in [-0.2, 0) is 5.66 Å². The molecule has 0 saturated heterocycles. The number of anilines is 1. The summed E-state index contributed by atoms with van der Waals surface area (Å²) in [6.45, 7) is 6.33. The van der Waals surface area contributed by atoms with Crippen LogP contribution in [0.3, 0.4) is 0 Å². The molecule has 4 heteroatoms. The molecule has 1 aliphatic heterocycles. The Morgan fingerprint density at radius 3 is 2.22 bits per heavy atom. The monoisotopic (exact) mass is 357 g/mol. The van der Waals surface area contributed by atoms with Crippen molar-refractivity contribution in [3.05, 3.63) is 95.7 Å². The van der Waals surface area contributed by atoms with Crippen molar-refractivity contribution in [1.82, 2.24) is 10.3 Å². The van der Waals surface area contributed by atoms with Gasteiger partial charge in [0.05, 0.1) is 0 Å². The summed E-state index contributed by atoms with van der Waals surface area (Å²) in [7, 11) is 0. The van der Waals surface area contributed by atoms with Gasteiger partial charge in [-0.15, -0.1) is 0 Å². The number of nitrogens with zero attached hydrogens (tertiary/aromatic N) is 2. The third-order valence-electron chi connectivity index (χ3n) is 4.71. The van der Waals surface area contributed by atoms with Crippen LogP contribution in [0.5, 0.6) is 0 Å². The molecule has 0 radical (unpaired) electrons. The molecule has 1 aliphatic rings. The zero-order chi connectivity index (χ0) is 19.1. The van der Waals surface area contributed by atoms with E-state index in [9.17, 15) is 4.79 Å². The van der Waals surface area contributed by atoms with Gasteiger partial charge in [-0.05, 0) is 44.5 Å². The molecule has 136 valence electrons. The first-order chi connectivity index (χ1) is 12.9. The molecule has 2 heterocycles. The van der Waals surface area contributed by atoms with E-state index < -0.39 is 5.66 Å². The Balaban J connectivity index is 2.06. The number of amides is 1. The first-order valence-corrected chi connectivity index (χ1v) is 9.13. The fraction of sp³-hybridized carbons (Fsp3) is 0.217. The number of hydrogen-bond acceptors (Lipinski definition) is 3. The predicted octanol–water partition coefficient (Wildman–Crippen LogP) is 4.33. The molecule has 1 N–H and O–H groups in total. The molecule has 0 saturated carbocycles. The van der Waals surface area contributed by atoms with Crippen molar-refractivity contribution in [2.75, 3.05) is 4.90 Å². The Kier molecular flexibility index (Phi) is 4.08. The van der Waals surface area contributed by atoms with Crippen molar-refractivity contribution >= 4 is 11.7 Å². The van der Waals surface area contributed by atoms with Crippen LogP contribution in [0.4, 0.5) is 5.82 Å². The number of hydrogen-bond donors (Lipinski definition) is 1. The highest BCUT2D eigenvalue weighted by molar-refractivity contribution is 6.12. The van der Waals surface area contributed by atoms with Crippen LogP contribution >= 0.6 is 0 Å². The van der Waals surface area contributed by atoms with E-state index in [4.69, 9.17) is 0 Å². The van der Waals surface area contributed by atoms with E-state index in [-0.39, 0.29) is 11.4 Å². The Bertz CT molecular complexity index is 964. The number of carbonyl (C=O) groups excluding carboxylic acids is 1. The molecule has 4 nitrogen and oxygen atoms in total. The molecular weight excluding hydrogens is 334 g/mol. The Labute approximate surface area is 159 Å². The molecule has 0 fully saturated rings. The normalized spacial score (nSPS) is 19.2. The molecule has 0 bridgehead atoms. The zero-order valence-corrected chi connectivity index (χ0v) is 15.8. The summed E-state index contributed by atoms with van der Waals surface area (Å²) in [6, 6.07) is 23.6. The van der Waals surface area contributed by atoms with E-state index in [0.717, 1.165) is 11.1 Å². The number of rotatable bonds is 3. The quantitative estimate of drug-likeness (QED) is 0.759. The SMILES string of the molecule is CC(C)(C)NC1(c2ccccc2)c2ccccc2C(=O)N1c1ccccn1. The highest BCUT2D eigenvalue weighted by Gasteiger charge is 2.53. The van der Waals surface area contributed by atoms with Gasteiger partial charge in [-0.2, -0.15) is 0 Å². The van der Waals surface area contributed by atoms with Crippen LogP contribution in [0, 0.1) is 0 Å². The highest BCUT2D eigenvalue weighted by atomic mass is 16.2. The number of aromatic nitrogens is 1. The topological polar surface area (TPSA) is 45.2 Å². The third kappa shape index (κ3) is 2.82. The van der Waals surface area contributed by atoms with Crippen molar-refractivity contribution in [1.29, 1.82) is 0 Å². The van der Waals surface area contributed by atoms with Crippen molar-refractivity contribution in [2.45, 2.75) is 32.0 Å². The minimum absolute atomic E-state index is 0.0510. The van der Waals surface area contributed by atoms with Gasteiger partial charge in [-0.1, -0.05) is 54.6 Å². The van der Waals surface area contributed by atoms with Crippen LogP contribution in [0.1, 0.15) is 42.3 Å². The van der Waals surface area contributed by atoms with Gasteiger partial charge in [0.1, 0.15) is 5.82 Å². The molecule has 1 amide bonds. The standard InChI is InChI=1S/C23H23N3O/c1-22(2,3)25-23(17-11-5-4-6-12-17)19-14-8-7-13-18(19)21(27)26(23)20-15-9-10-16-24-20/h4-16,25H,1-3H3. The first-order valence-electron chi connectivity index (χ1n) is 9.13. The molecule has 1 unspecified atom stereocenters. The minimum atomic E-state index is -0.832. The molecule has 1 aromatic heterocycles. The van der Waals surface area contributed by atoms with Crippen LogP contribution in [0.15, 0.2) is 79.0 Å². The van der Waals surface area contributed by atoms with Gasteiger partial charge >= 0.3 is 0 Å². The van der Waals surface area contributed by atoms with Crippen molar-refractivity contribution in [3.8, 4) is 0 Å². The van der Waals surface area contributed by atoms with Crippen molar-refractivity contribution < 1.29 is 4.79 Å². The van der Waals surface area contributed by atoms with Crippen molar-refractivity contribution in [3.63, 3.8) is 0 Å². The molecule has 2 aromatic carbocycles. The van der Waals surface area contributed by atoms with Crippen LogP contribution < -0.4 is 10.2 Å². The molecule has 3 aromatic rings. The summed E-state index contributed by atoms with van der Waals surface area (Å²) >= 11 is 0. The Morgan fingerprint density at radius 1 is 0.889 bits per heavy atom. The van der Waals surface area contributed by atoms with Gasteiger partial charge in [-0.3, -0.25) is 15.0 Å². The number of carbonyl (C=O) groups is 1. The predicted molar refractivity (Wildman–Crippen MR) is 108 cm³/mol. The molecule has 4 rings (SSSR count). The van der Waals surface area contributed by atoms with E-state index in [0.29, 0.717) is 11.4 Å². The number of benzene rings is 2. The van der Waals surface area contributed by atoms with Gasteiger partial charge in [0, 0.05) is 22.9 Å². The van der Waals surface area contributed by atoms with E-state index in [1.165, 1.54) is 0 Å². The lowest BCUT2D eigenvalue weighted by atomic mass is 9.88. The fourth-order valence-electron chi connectivity index (χ4n) is 3.84. The molecule has 27 heavy (non-hydrogen) atoms.